The summed E-state index contributed by atoms with van der Waals surface area (Å²) in [6.07, 6.45) is 3.58. The second kappa shape index (κ2) is 7.07. The van der Waals surface area contributed by atoms with Crippen molar-refractivity contribution < 1.29 is 4.39 Å². The Bertz CT molecular complexity index is 336. The Hall–Kier alpha value is -0.350. The van der Waals surface area contributed by atoms with Gasteiger partial charge in [0.25, 0.3) is 0 Å². The Balaban J connectivity index is 2.82. The molecule has 0 bridgehead atoms. The van der Waals surface area contributed by atoms with E-state index in [0.29, 0.717) is 10.8 Å². The monoisotopic (exact) mass is 308 g/mol. The molecule has 0 aliphatic heterocycles. The smallest absolute Gasteiger partial charge is 0.167 e. The molecule has 0 atom stereocenters. The van der Waals surface area contributed by atoms with Crippen LogP contribution in [0.15, 0.2) is 12.3 Å². The topological polar surface area (TPSA) is 16.1 Å². The number of aromatic nitrogens is 1. The molecule has 5 heteroatoms. The van der Waals surface area contributed by atoms with Crippen molar-refractivity contribution in [1.82, 2.24) is 4.98 Å². The van der Waals surface area contributed by atoms with Gasteiger partial charge in [0.2, 0.25) is 0 Å². The molecule has 0 spiro atoms. The summed E-state index contributed by atoms with van der Waals surface area (Å²) in [6, 6.07) is 1.30. The van der Waals surface area contributed by atoms with E-state index in [1.54, 1.807) is 0 Å². The summed E-state index contributed by atoms with van der Waals surface area (Å²) in [4.78, 5) is 5.98. The van der Waals surface area contributed by atoms with Gasteiger partial charge in [-0.3, -0.25) is 0 Å². The first-order valence-electron chi connectivity index (χ1n) is 5.31. The number of hydrogen-bond acceptors (Lipinski definition) is 2. The number of nitrogens with zero attached hydrogens (tertiary/aromatic N) is 2. The third-order valence-corrected chi connectivity index (χ3v) is 2.79. The number of alkyl halides is 1. The van der Waals surface area contributed by atoms with Crippen LogP contribution in [-0.2, 0) is 0 Å². The molecular weight excluding hydrogens is 294 g/mol. The molecule has 0 radical (unpaired) electrons. The maximum atomic E-state index is 13.6. The van der Waals surface area contributed by atoms with Gasteiger partial charge in [-0.2, -0.15) is 0 Å². The minimum absolute atomic E-state index is 0.329. The zero-order valence-electron chi connectivity index (χ0n) is 9.22. The molecule has 1 rings (SSSR count). The Labute approximate surface area is 109 Å². The molecule has 0 amide bonds. The van der Waals surface area contributed by atoms with Crippen molar-refractivity contribution in [3.05, 3.63) is 23.1 Å². The maximum Gasteiger partial charge on any atom is 0.167 e. The molecule has 0 saturated heterocycles. The molecule has 0 aromatic carbocycles. The highest BCUT2D eigenvalue weighted by atomic mass is 79.9. The fourth-order valence-electron chi connectivity index (χ4n) is 1.41. The standard InChI is InChI=1S/C11H15BrClFN2/c1-2-3-5-16(6-4-12)11-10(14)7-9(13)8-15-11/h7-8H,2-6H2,1H3. The van der Waals surface area contributed by atoms with Crippen LogP contribution in [0.3, 0.4) is 0 Å². The summed E-state index contributed by atoms with van der Waals surface area (Å²) in [7, 11) is 0. The first kappa shape index (κ1) is 13.7. The average Bonchev–Trinajstić information content (AvgIpc) is 2.25. The lowest BCUT2D eigenvalue weighted by Gasteiger charge is -2.22. The van der Waals surface area contributed by atoms with Crippen LogP contribution in [0.25, 0.3) is 0 Å². The van der Waals surface area contributed by atoms with Crippen LogP contribution in [0, 0.1) is 5.82 Å². The second-order valence-corrected chi connectivity index (χ2v) is 4.72. The minimum Gasteiger partial charge on any atom is -0.353 e. The van der Waals surface area contributed by atoms with Gasteiger partial charge in [0, 0.05) is 24.6 Å². The number of anilines is 1. The number of rotatable bonds is 6. The average molecular weight is 310 g/mol. The van der Waals surface area contributed by atoms with Gasteiger partial charge in [-0.15, -0.1) is 0 Å². The molecule has 2 nitrogen and oxygen atoms in total. The Morgan fingerprint density at radius 2 is 2.25 bits per heavy atom. The van der Waals surface area contributed by atoms with Crippen LogP contribution in [0.5, 0.6) is 0 Å². The van der Waals surface area contributed by atoms with Crippen molar-refractivity contribution >= 4 is 33.3 Å². The van der Waals surface area contributed by atoms with E-state index in [9.17, 15) is 4.39 Å². The van der Waals surface area contributed by atoms with E-state index in [2.05, 4.69) is 27.8 Å². The van der Waals surface area contributed by atoms with Crippen LogP contribution in [-0.4, -0.2) is 23.4 Å². The molecule has 1 aromatic heterocycles. The van der Waals surface area contributed by atoms with Crippen LogP contribution < -0.4 is 4.90 Å². The molecule has 0 unspecified atom stereocenters. The summed E-state index contributed by atoms with van der Waals surface area (Å²) in [5, 5.41) is 1.12. The molecule has 0 saturated carbocycles. The maximum absolute atomic E-state index is 13.6. The van der Waals surface area contributed by atoms with Gasteiger partial charge >= 0.3 is 0 Å². The zero-order valence-corrected chi connectivity index (χ0v) is 11.6. The first-order chi connectivity index (χ1) is 7.69. The Morgan fingerprint density at radius 1 is 1.50 bits per heavy atom. The molecule has 90 valence electrons. The number of unbranched alkanes of at least 4 members (excludes halogenated alkanes) is 1. The highest BCUT2D eigenvalue weighted by Crippen LogP contribution is 2.20. The molecule has 1 aromatic rings. The van der Waals surface area contributed by atoms with E-state index >= 15 is 0 Å². The van der Waals surface area contributed by atoms with Crippen LogP contribution in [0.1, 0.15) is 19.8 Å². The Kier molecular flexibility index (Phi) is 6.06. The molecule has 1 heterocycles. The van der Waals surface area contributed by atoms with E-state index in [4.69, 9.17) is 11.6 Å². The number of halogens is 3. The normalized spacial score (nSPS) is 10.5. The van der Waals surface area contributed by atoms with E-state index in [0.717, 1.165) is 31.3 Å². The van der Waals surface area contributed by atoms with Gasteiger partial charge in [-0.05, 0) is 12.5 Å². The second-order valence-electron chi connectivity index (χ2n) is 3.49. The largest absolute Gasteiger partial charge is 0.353 e. The quantitative estimate of drug-likeness (QED) is 0.742. The van der Waals surface area contributed by atoms with Gasteiger partial charge in [0.15, 0.2) is 11.6 Å². The lowest BCUT2D eigenvalue weighted by molar-refractivity contribution is 0.606. The summed E-state index contributed by atoms with van der Waals surface area (Å²) < 4.78 is 13.6. The van der Waals surface area contributed by atoms with Crippen LogP contribution in [0.2, 0.25) is 5.02 Å². The molecule has 16 heavy (non-hydrogen) atoms. The molecule has 0 fully saturated rings. The Morgan fingerprint density at radius 3 is 2.81 bits per heavy atom. The SMILES string of the molecule is CCCCN(CCBr)c1ncc(Cl)cc1F. The van der Waals surface area contributed by atoms with Crippen molar-refractivity contribution in [3.8, 4) is 0 Å². The van der Waals surface area contributed by atoms with Crippen molar-refractivity contribution in [2.45, 2.75) is 19.8 Å². The molecule has 0 aliphatic carbocycles. The van der Waals surface area contributed by atoms with Crippen LogP contribution in [0.4, 0.5) is 10.2 Å². The highest BCUT2D eigenvalue weighted by Gasteiger charge is 2.12. The predicted octanol–water partition coefficient (Wildman–Crippen LogP) is 3.88. The van der Waals surface area contributed by atoms with E-state index in [-0.39, 0.29) is 5.82 Å². The van der Waals surface area contributed by atoms with Crippen molar-refractivity contribution in [2.75, 3.05) is 23.3 Å². The van der Waals surface area contributed by atoms with Gasteiger partial charge in [0.1, 0.15) is 0 Å². The van der Waals surface area contributed by atoms with Crippen molar-refractivity contribution in [1.29, 1.82) is 0 Å². The number of hydrogen-bond donors (Lipinski definition) is 0. The molecule has 0 N–H and O–H groups in total. The third kappa shape index (κ3) is 3.91. The molecular formula is C11H15BrClFN2. The highest BCUT2D eigenvalue weighted by molar-refractivity contribution is 9.09. The van der Waals surface area contributed by atoms with E-state index in [1.165, 1.54) is 12.3 Å². The van der Waals surface area contributed by atoms with Crippen molar-refractivity contribution in [3.63, 3.8) is 0 Å². The summed E-state index contributed by atoms with van der Waals surface area (Å²) in [5.74, 6) is 0.0295. The van der Waals surface area contributed by atoms with Crippen LogP contribution >= 0.6 is 27.5 Å². The third-order valence-electron chi connectivity index (χ3n) is 2.22. The van der Waals surface area contributed by atoms with E-state index in [1.807, 2.05) is 4.90 Å². The number of pyridine rings is 1. The van der Waals surface area contributed by atoms with E-state index < -0.39 is 0 Å². The van der Waals surface area contributed by atoms with Gasteiger partial charge in [0.05, 0.1) is 5.02 Å². The summed E-state index contributed by atoms with van der Waals surface area (Å²) >= 11 is 9.03. The summed E-state index contributed by atoms with van der Waals surface area (Å²) in [6.45, 7) is 3.66. The molecule has 0 aliphatic rings. The zero-order chi connectivity index (χ0) is 12.0. The fourth-order valence-corrected chi connectivity index (χ4v) is 1.99. The minimum atomic E-state index is -0.357. The summed E-state index contributed by atoms with van der Waals surface area (Å²) in [5.41, 5.74) is 0. The first-order valence-corrected chi connectivity index (χ1v) is 6.81. The lowest BCUT2D eigenvalue weighted by atomic mass is 10.3. The lowest BCUT2D eigenvalue weighted by Crippen LogP contribution is -2.28. The van der Waals surface area contributed by atoms with Crippen molar-refractivity contribution in [2.24, 2.45) is 0 Å². The fraction of sp³-hybridized carbons (Fsp3) is 0.545. The predicted molar refractivity (Wildman–Crippen MR) is 70.1 cm³/mol. The van der Waals surface area contributed by atoms with Gasteiger partial charge in [-0.1, -0.05) is 40.9 Å². The van der Waals surface area contributed by atoms with Gasteiger partial charge < -0.3 is 4.90 Å². The van der Waals surface area contributed by atoms with Gasteiger partial charge in [-0.25, -0.2) is 9.37 Å².